The first-order valence-corrected chi connectivity index (χ1v) is 12.7. The fraction of sp³-hybridized carbons (Fsp3) is 0.321. The first-order chi connectivity index (χ1) is 17.9. The zero-order valence-corrected chi connectivity index (χ0v) is 21.1. The van der Waals surface area contributed by atoms with Gasteiger partial charge in [-0.25, -0.2) is 5.43 Å². The summed E-state index contributed by atoms with van der Waals surface area (Å²) in [5.41, 5.74) is 13.6. The van der Waals surface area contributed by atoms with Crippen LogP contribution in [0.15, 0.2) is 57.6 Å². The van der Waals surface area contributed by atoms with Gasteiger partial charge in [0.15, 0.2) is 11.6 Å². The van der Waals surface area contributed by atoms with Gasteiger partial charge in [-0.1, -0.05) is 11.6 Å². The van der Waals surface area contributed by atoms with Crippen LogP contribution in [0.25, 0.3) is 16.7 Å². The molecule has 3 aliphatic rings. The number of hydrogen-bond acceptors (Lipinski definition) is 8. The minimum Gasteiger partial charge on any atom is -0.454 e. The molecule has 6 rings (SSSR count). The van der Waals surface area contributed by atoms with Gasteiger partial charge >= 0.3 is 0 Å². The highest BCUT2D eigenvalue weighted by molar-refractivity contribution is 6.53. The van der Waals surface area contributed by atoms with Crippen LogP contribution in [0.3, 0.4) is 0 Å². The number of carbonyl (C=O) groups excluding carboxylic acids is 1. The molecule has 2 aromatic carbocycles. The van der Waals surface area contributed by atoms with Crippen LogP contribution in [0.1, 0.15) is 29.7 Å². The number of nitrogens with zero attached hydrogens (tertiary/aromatic N) is 3. The number of nitrogens with one attached hydrogen (secondary N) is 3. The van der Waals surface area contributed by atoms with Gasteiger partial charge in [0.2, 0.25) is 0 Å². The van der Waals surface area contributed by atoms with Crippen molar-refractivity contribution < 1.29 is 9.21 Å². The van der Waals surface area contributed by atoms with E-state index in [1.54, 1.807) is 0 Å². The Morgan fingerprint density at radius 3 is 2.54 bits per heavy atom. The molecule has 0 radical (unpaired) electrons. The van der Waals surface area contributed by atoms with Crippen LogP contribution >= 0.6 is 0 Å². The van der Waals surface area contributed by atoms with Crippen molar-refractivity contribution in [3.63, 3.8) is 0 Å². The Morgan fingerprint density at radius 1 is 1.11 bits per heavy atom. The molecule has 0 bridgehead atoms. The minimum atomic E-state index is -0.617. The summed E-state index contributed by atoms with van der Waals surface area (Å²) >= 11 is 0. The highest BCUT2D eigenvalue weighted by Gasteiger charge is 2.32. The van der Waals surface area contributed by atoms with E-state index >= 15 is 0 Å². The second-order valence-corrected chi connectivity index (χ2v) is 10.0. The molecule has 5 N–H and O–H groups in total. The number of anilines is 2. The zero-order chi connectivity index (χ0) is 25.7. The van der Waals surface area contributed by atoms with E-state index in [1.807, 2.05) is 38.1 Å². The van der Waals surface area contributed by atoms with E-state index in [9.17, 15) is 4.79 Å². The molecule has 3 heterocycles. The van der Waals surface area contributed by atoms with E-state index in [2.05, 4.69) is 43.8 Å². The van der Waals surface area contributed by atoms with Crippen LogP contribution in [0, 0.1) is 19.3 Å². The molecule has 9 heteroatoms. The first kappa shape index (κ1) is 23.3. The molecule has 1 aliphatic carbocycles. The standard InChI is InChI=1S/C28H31N7O2/c1-16-3-10-22-21(15-16)17(2)26(37-22)25(23-24(29)28(36)33-32-27(23)30)31-18-4-6-19(7-5-18)34-11-13-35(14-12-34)20-8-9-20/h3-7,10,15,20,29,31H,8-9,11-14H2,1-2H3,(H2,30,32)(H,33,36)/b25-23+,29-24?. The summed E-state index contributed by atoms with van der Waals surface area (Å²) in [5.74, 6) is -0.0458. The summed E-state index contributed by atoms with van der Waals surface area (Å²) in [4.78, 5) is 17.3. The van der Waals surface area contributed by atoms with Crippen molar-refractivity contribution in [1.82, 2.24) is 10.3 Å². The van der Waals surface area contributed by atoms with E-state index < -0.39 is 5.91 Å². The van der Waals surface area contributed by atoms with Crippen molar-refractivity contribution in [3.8, 4) is 0 Å². The van der Waals surface area contributed by atoms with Crippen molar-refractivity contribution in [2.45, 2.75) is 32.7 Å². The lowest BCUT2D eigenvalue weighted by atomic mass is 10.0. The predicted octanol–water partition coefficient (Wildman–Crippen LogP) is 3.58. The Bertz CT molecular complexity index is 1460. The summed E-state index contributed by atoms with van der Waals surface area (Å²) in [7, 11) is 0. The highest BCUT2D eigenvalue weighted by Crippen LogP contribution is 2.34. The number of piperazine rings is 1. The lowest BCUT2D eigenvalue weighted by Crippen LogP contribution is -2.47. The number of amides is 1. The maximum atomic E-state index is 12.3. The number of benzene rings is 2. The molecular formula is C28H31N7O2. The van der Waals surface area contributed by atoms with Crippen molar-refractivity contribution in [2.75, 3.05) is 36.4 Å². The third kappa shape index (κ3) is 4.35. The normalized spacial score (nSPS) is 20.2. The fourth-order valence-electron chi connectivity index (χ4n) is 5.21. The molecule has 1 aromatic heterocycles. The lowest BCUT2D eigenvalue weighted by Gasteiger charge is -2.36. The maximum Gasteiger partial charge on any atom is 0.290 e. The number of carbonyl (C=O) groups is 1. The van der Waals surface area contributed by atoms with Gasteiger partial charge < -0.3 is 20.4 Å². The largest absolute Gasteiger partial charge is 0.454 e. The molecule has 0 unspecified atom stereocenters. The summed E-state index contributed by atoms with van der Waals surface area (Å²) in [6.07, 6.45) is 2.69. The van der Waals surface area contributed by atoms with E-state index in [0.717, 1.165) is 60.0 Å². The Kier molecular flexibility index (Phi) is 5.72. The number of hydrazone groups is 1. The first-order valence-electron chi connectivity index (χ1n) is 12.7. The number of hydrogen-bond donors (Lipinski definition) is 4. The van der Waals surface area contributed by atoms with Gasteiger partial charge in [0, 0.05) is 54.5 Å². The molecule has 2 fully saturated rings. The topological polar surface area (TPSA) is 123 Å². The quantitative estimate of drug-likeness (QED) is 0.427. The van der Waals surface area contributed by atoms with Crippen molar-refractivity contribution in [3.05, 3.63) is 64.9 Å². The monoisotopic (exact) mass is 497 g/mol. The Balaban J connectivity index is 1.34. The van der Waals surface area contributed by atoms with Gasteiger partial charge in [0.05, 0.1) is 11.3 Å². The Morgan fingerprint density at radius 2 is 1.84 bits per heavy atom. The molecular weight excluding hydrogens is 466 g/mol. The molecule has 1 saturated heterocycles. The van der Waals surface area contributed by atoms with Crippen LogP contribution < -0.4 is 21.4 Å². The fourth-order valence-corrected chi connectivity index (χ4v) is 5.21. The Labute approximate surface area is 215 Å². The molecule has 3 aromatic rings. The zero-order valence-electron chi connectivity index (χ0n) is 21.1. The molecule has 9 nitrogen and oxygen atoms in total. The SMILES string of the molecule is Cc1ccc2oc(/C(Nc3ccc(N4CCN(C5CC5)CC4)cc3)=C3/C(=N)C(=O)NN=C3N)c(C)c2c1. The van der Waals surface area contributed by atoms with Crippen molar-refractivity contribution >= 4 is 45.5 Å². The highest BCUT2D eigenvalue weighted by atomic mass is 16.3. The molecule has 0 atom stereocenters. The van der Waals surface area contributed by atoms with Gasteiger partial charge in [-0.15, -0.1) is 0 Å². The lowest BCUT2D eigenvalue weighted by molar-refractivity contribution is -0.114. The third-order valence-corrected chi connectivity index (χ3v) is 7.46. The van der Waals surface area contributed by atoms with Crippen LogP contribution in [-0.4, -0.2) is 54.6 Å². The van der Waals surface area contributed by atoms with Crippen LogP contribution in [0.4, 0.5) is 11.4 Å². The van der Waals surface area contributed by atoms with E-state index in [0.29, 0.717) is 11.5 Å². The number of amidine groups is 1. The summed E-state index contributed by atoms with van der Waals surface area (Å²) < 4.78 is 6.25. The predicted molar refractivity (Wildman–Crippen MR) is 147 cm³/mol. The summed E-state index contributed by atoms with van der Waals surface area (Å²) in [6, 6.07) is 15.0. The van der Waals surface area contributed by atoms with Crippen LogP contribution in [0.2, 0.25) is 0 Å². The van der Waals surface area contributed by atoms with Gasteiger partial charge in [-0.3, -0.25) is 15.1 Å². The molecule has 37 heavy (non-hydrogen) atoms. The van der Waals surface area contributed by atoms with Gasteiger partial charge in [-0.05, 0) is 63.1 Å². The van der Waals surface area contributed by atoms with Crippen LogP contribution in [-0.2, 0) is 4.79 Å². The van der Waals surface area contributed by atoms with E-state index in [1.165, 1.54) is 18.5 Å². The van der Waals surface area contributed by atoms with Crippen LogP contribution in [0.5, 0.6) is 0 Å². The number of fused-ring (bicyclic) bond motifs is 1. The second-order valence-electron chi connectivity index (χ2n) is 10.0. The maximum absolute atomic E-state index is 12.3. The second kappa shape index (κ2) is 9.08. The Hall–Kier alpha value is -4.11. The van der Waals surface area contributed by atoms with E-state index in [4.69, 9.17) is 15.6 Å². The molecule has 2 aliphatic heterocycles. The van der Waals surface area contributed by atoms with Crippen molar-refractivity contribution in [2.24, 2.45) is 10.8 Å². The molecule has 1 amide bonds. The van der Waals surface area contributed by atoms with Gasteiger partial charge in [-0.2, -0.15) is 5.10 Å². The average molecular weight is 498 g/mol. The number of rotatable bonds is 5. The molecule has 190 valence electrons. The van der Waals surface area contributed by atoms with E-state index in [-0.39, 0.29) is 17.1 Å². The summed E-state index contributed by atoms with van der Waals surface area (Å²) in [5, 5.41) is 16.8. The number of furan rings is 1. The number of nitrogens with two attached hydrogens (primary N) is 1. The molecule has 1 saturated carbocycles. The average Bonchev–Trinajstić information content (AvgIpc) is 3.71. The third-order valence-electron chi connectivity index (χ3n) is 7.46. The number of aryl methyl sites for hydroxylation is 2. The molecule has 0 spiro atoms. The van der Waals surface area contributed by atoms with Gasteiger partial charge in [0.25, 0.3) is 5.91 Å². The van der Waals surface area contributed by atoms with Crippen molar-refractivity contribution in [1.29, 1.82) is 5.41 Å². The minimum absolute atomic E-state index is 0.0493. The smallest absolute Gasteiger partial charge is 0.290 e. The van der Waals surface area contributed by atoms with Gasteiger partial charge in [0.1, 0.15) is 11.3 Å². The summed E-state index contributed by atoms with van der Waals surface area (Å²) in [6.45, 7) is 8.25.